The number of halogens is 2. The van der Waals surface area contributed by atoms with Gasteiger partial charge in [0.25, 0.3) is 0 Å². The number of nitrogens with one attached hydrogen (secondary N) is 2. The molecule has 0 heterocycles. The van der Waals surface area contributed by atoms with Gasteiger partial charge in [-0.25, -0.2) is 18.6 Å². The summed E-state index contributed by atoms with van der Waals surface area (Å²) in [6, 6.07) is 25.2. The molecule has 4 aromatic carbocycles. The van der Waals surface area contributed by atoms with Gasteiger partial charge in [-0.1, -0.05) is 83.4 Å². The molecule has 4 rings (SSSR count). The largest absolute Gasteiger partial charge is 0.490 e. The fraction of sp³-hybridized carbons (Fsp3) is 0.188. The van der Waals surface area contributed by atoms with Gasteiger partial charge in [-0.05, 0) is 66.9 Å². The maximum absolute atomic E-state index is 13.1. The molecule has 0 saturated carbocycles. The van der Waals surface area contributed by atoms with Crippen LogP contribution in [0.15, 0.2) is 101 Å². The van der Waals surface area contributed by atoms with Gasteiger partial charge in [-0.2, -0.15) is 5.10 Å². The summed E-state index contributed by atoms with van der Waals surface area (Å²) in [6.07, 6.45) is 1.23. The van der Waals surface area contributed by atoms with Crippen LogP contribution in [0.4, 0.5) is 0 Å². The molecule has 224 valence electrons. The molecule has 0 radical (unpaired) electrons. The minimum atomic E-state index is -3.89. The number of carbonyl (C=O) groups excluding carboxylic acids is 1. The van der Waals surface area contributed by atoms with Crippen molar-refractivity contribution in [1.82, 2.24) is 10.1 Å². The highest BCUT2D eigenvalue weighted by Crippen LogP contribution is 2.37. The first-order chi connectivity index (χ1) is 20.6. The summed E-state index contributed by atoms with van der Waals surface area (Å²) in [5.41, 5.74) is 5.52. The van der Waals surface area contributed by atoms with Gasteiger partial charge in [0, 0.05) is 11.4 Å². The normalized spacial score (nSPS) is 12.2. The predicted molar refractivity (Wildman–Crippen MR) is 169 cm³/mol. The van der Waals surface area contributed by atoms with Crippen molar-refractivity contribution in [3.05, 3.63) is 123 Å². The quantitative estimate of drug-likeness (QED) is 0.123. The van der Waals surface area contributed by atoms with Gasteiger partial charge in [0.05, 0.1) is 28.8 Å². The van der Waals surface area contributed by atoms with E-state index < -0.39 is 22.0 Å². The third-order valence-corrected chi connectivity index (χ3v) is 8.27. The van der Waals surface area contributed by atoms with Crippen LogP contribution in [0, 0.1) is 6.92 Å². The number of rotatable bonds is 13. The lowest BCUT2D eigenvalue weighted by Crippen LogP contribution is -2.32. The molecule has 0 spiro atoms. The van der Waals surface area contributed by atoms with E-state index in [-0.39, 0.29) is 17.9 Å². The van der Waals surface area contributed by atoms with Crippen LogP contribution in [0.3, 0.4) is 0 Å². The Kier molecular flexibility index (Phi) is 11.2. The van der Waals surface area contributed by atoms with Crippen LogP contribution in [-0.2, 0) is 21.4 Å². The molecule has 0 unspecified atom stereocenters. The number of aryl methyl sites for hydroxylation is 1. The third kappa shape index (κ3) is 9.30. The van der Waals surface area contributed by atoms with E-state index in [0.29, 0.717) is 39.3 Å². The van der Waals surface area contributed by atoms with E-state index in [1.807, 2.05) is 32.0 Å². The van der Waals surface area contributed by atoms with Crippen molar-refractivity contribution in [2.45, 2.75) is 37.8 Å². The van der Waals surface area contributed by atoms with Gasteiger partial charge >= 0.3 is 0 Å². The highest BCUT2D eigenvalue weighted by atomic mass is 35.5. The second-order valence-electron chi connectivity index (χ2n) is 9.57. The van der Waals surface area contributed by atoms with Crippen molar-refractivity contribution in [2.75, 3.05) is 6.61 Å². The molecule has 1 atom stereocenters. The summed E-state index contributed by atoms with van der Waals surface area (Å²) < 4.78 is 40.5. The lowest BCUT2D eigenvalue weighted by atomic mass is 10.0. The minimum Gasteiger partial charge on any atom is -0.490 e. The van der Waals surface area contributed by atoms with Crippen molar-refractivity contribution in [2.24, 2.45) is 5.10 Å². The Morgan fingerprint density at radius 2 is 1.65 bits per heavy atom. The van der Waals surface area contributed by atoms with E-state index in [0.717, 1.165) is 11.1 Å². The van der Waals surface area contributed by atoms with Crippen LogP contribution in [0.5, 0.6) is 11.5 Å². The van der Waals surface area contributed by atoms with E-state index in [1.165, 1.54) is 18.3 Å². The number of benzene rings is 4. The number of ether oxygens (including phenoxy) is 2. The average Bonchev–Trinajstić information content (AvgIpc) is 2.98. The van der Waals surface area contributed by atoms with Crippen LogP contribution in [0.2, 0.25) is 10.0 Å². The van der Waals surface area contributed by atoms with Crippen molar-refractivity contribution < 1.29 is 22.7 Å². The summed E-state index contributed by atoms with van der Waals surface area (Å²) in [5.74, 6) is 0.313. The number of nitrogens with zero attached hydrogens (tertiary/aromatic N) is 1. The zero-order chi connectivity index (χ0) is 30.8. The van der Waals surface area contributed by atoms with Gasteiger partial charge in [-0.15, -0.1) is 0 Å². The molecule has 8 nitrogen and oxygen atoms in total. The van der Waals surface area contributed by atoms with E-state index >= 15 is 0 Å². The monoisotopic (exact) mass is 639 g/mol. The Labute approximate surface area is 261 Å². The molecule has 4 aromatic rings. The molecule has 0 bridgehead atoms. The van der Waals surface area contributed by atoms with Crippen molar-refractivity contribution in [1.29, 1.82) is 0 Å². The first-order valence-corrected chi connectivity index (χ1v) is 15.7. The Balaban J connectivity index is 1.44. The Morgan fingerprint density at radius 1 is 0.953 bits per heavy atom. The first kappa shape index (κ1) is 32.0. The van der Waals surface area contributed by atoms with Crippen molar-refractivity contribution in [3.8, 4) is 11.5 Å². The second kappa shape index (κ2) is 15.0. The minimum absolute atomic E-state index is 0.111. The number of hydrogen-bond acceptors (Lipinski definition) is 6. The maximum atomic E-state index is 13.1. The standard InChI is InChI=1S/C32H31Cl2N3O5S/c1-3-41-30-18-24(17-28(34)32(30)42-21-23-11-13-26(33)14-12-23)20-35-36-31(38)19-29(25-7-5-4-6-8-25)37-43(39,40)27-15-9-22(2)10-16-27/h4-18,20,29,37H,3,19,21H2,1-2H3,(H,36,38)/b35-20-/t29-/m1/s1. The number of hydrogen-bond donors (Lipinski definition) is 2. The van der Waals surface area contributed by atoms with E-state index in [9.17, 15) is 13.2 Å². The number of hydrazone groups is 1. The van der Waals surface area contributed by atoms with E-state index in [2.05, 4.69) is 15.2 Å². The van der Waals surface area contributed by atoms with Crippen LogP contribution < -0.4 is 19.6 Å². The fourth-order valence-electron chi connectivity index (χ4n) is 4.10. The van der Waals surface area contributed by atoms with Crippen molar-refractivity contribution >= 4 is 45.3 Å². The summed E-state index contributed by atoms with van der Waals surface area (Å²) in [5, 5.41) is 5.00. The molecule has 1 amide bonds. The van der Waals surface area contributed by atoms with E-state index in [4.69, 9.17) is 32.7 Å². The molecule has 0 aliphatic heterocycles. The number of amides is 1. The molecule has 0 aliphatic rings. The van der Waals surface area contributed by atoms with Gasteiger partial charge in [0.2, 0.25) is 15.9 Å². The lowest BCUT2D eigenvalue weighted by Gasteiger charge is -2.18. The molecule has 0 fully saturated rings. The SMILES string of the molecule is CCOc1cc(/C=N\NC(=O)C[C@@H](NS(=O)(=O)c2ccc(C)cc2)c2ccccc2)cc(Cl)c1OCc1ccc(Cl)cc1. The smallest absolute Gasteiger partial charge is 0.242 e. The Bertz CT molecular complexity index is 1660. The van der Waals surface area contributed by atoms with Crippen LogP contribution in [0.25, 0.3) is 0 Å². The van der Waals surface area contributed by atoms with Crippen LogP contribution >= 0.6 is 23.2 Å². The summed E-state index contributed by atoms with van der Waals surface area (Å²) in [6.45, 7) is 4.35. The summed E-state index contributed by atoms with van der Waals surface area (Å²) in [4.78, 5) is 13.0. The van der Waals surface area contributed by atoms with Crippen molar-refractivity contribution in [3.63, 3.8) is 0 Å². The highest BCUT2D eigenvalue weighted by molar-refractivity contribution is 7.89. The zero-order valence-electron chi connectivity index (χ0n) is 23.6. The average molecular weight is 641 g/mol. The Morgan fingerprint density at radius 3 is 2.33 bits per heavy atom. The second-order valence-corrected chi connectivity index (χ2v) is 12.1. The molecule has 0 aliphatic carbocycles. The molecule has 11 heteroatoms. The molecule has 0 saturated heterocycles. The van der Waals surface area contributed by atoms with Crippen LogP contribution in [0.1, 0.15) is 41.6 Å². The van der Waals surface area contributed by atoms with Gasteiger partial charge in [0.1, 0.15) is 6.61 Å². The number of sulfonamides is 1. The summed E-state index contributed by atoms with van der Waals surface area (Å²) >= 11 is 12.5. The summed E-state index contributed by atoms with van der Waals surface area (Å²) in [7, 11) is -3.89. The molecule has 43 heavy (non-hydrogen) atoms. The van der Waals surface area contributed by atoms with Gasteiger partial charge in [-0.3, -0.25) is 4.79 Å². The zero-order valence-corrected chi connectivity index (χ0v) is 25.9. The molecule has 0 aromatic heterocycles. The fourth-order valence-corrected chi connectivity index (χ4v) is 5.72. The predicted octanol–water partition coefficient (Wildman–Crippen LogP) is 6.84. The first-order valence-electron chi connectivity index (χ1n) is 13.4. The van der Waals surface area contributed by atoms with Gasteiger partial charge in [0.15, 0.2) is 11.5 Å². The topological polar surface area (TPSA) is 106 Å². The lowest BCUT2D eigenvalue weighted by molar-refractivity contribution is -0.121. The maximum Gasteiger partial charge on any atom is 0.242 e. The Hall–Kier alpha value is -3.89. The molecule has 2 N–H and O–H groups in total. The molecular weight excluding hydrogens is 609 g/mol. The molecular formula is C32H31Cl2N3O5S. The number of carbonyl (C=O) groups is 1. The highest BCUT2D eigenvalue weighted by Gasteiger charge is 2.24. The van der Waals surface area contributed by atoms with E-state index in [1.54, 1.807) is 60.7 Å². The third-order valence-electron chi connectivity index (χ3n) is 6.25. The van der Waals surface area contributed by atoms with Gasteiger partial charge < -0.3 is 9.47 Å². The van der Waals surface area contributed by atoms with Crippen LogP contribution in [-0.4, -0.2) is 27.1 Å².